The molecule has 0 radical (unpaired) electrons. The van der Waals surface area contributed by atoms with Crippen LogP contribution < -0.4 is 5.32 Å². The number of hydrogen-bond acceptors (Lipinski definition) is 2. The molecule has 0 atom stereocenters. The second-order valence-corrected chi connectivity index (χ2v) is 4.89. The van der Waals surface area contributed by atoms with E-state index in [0.717, 1.165) is 36.0 Å². The minimum absolute atomic E-state index is 0.330. The molecule has 1 aromatic carbocycles. The lowest BCUT2D eigenvalue weighted by Gasteiger charge is -2.18. The van der Waals surface area contributed by atoms with Crippen LogP contribution in [0.1, 0.15) is 16.8 Å². The van der Waals surface area contributed by atoms with E-state index in [4.69, 9.17) is 0 Å². The Hall–Kier alpha value is -1.56. The van der Waals surface area contributed by atoms with E-state index in [2.05, 4.69) is 15.5 Å². The summed E-state index contributed by atoms with van der Waals surface area (Å²) in [6, 6.07) is 3.77. The number of H-pyrrole nitrogens is 1. The lowest BCUT2D eigenvalue weighted by molar-refractivity contribution is -0.0222. The Morgan fingerprint density at radius 2 is 2.16 bits per heavy atom. The summed E-state index contributed by atoms with van der Waals surface area (Å²) in [5, 5.41) is 10.7. The van der Waals surface area contributed by atoms with Crippen LogP contribution in [0.2, 0.25) is 0 Å². The highest BCUT2D eigenvalue weighted by Gasteiger charge is 2.31. The van der Waals surface area contributed by atoms with Gasteiger partial charge in [-0.2, -0.15) is 5.10 Å². The van der Waals surface area contributed by atoms with Crippen LogP contribution in [0.25, 0.3) is 10.9 Å². The van der Waals surface area contributed by atoms with Gasteiger partial charge >= 0.3 is 0 Å². The summed E-state index contributed by atoms with van der Waals surface area (Å²) >= 11 is 0. The molecule has 0 unspecified atom stereocenters. The number of alkyl halides is 3. The number of fused-ring (bicyclic) bond motifs is 3. The zero-order valence-corrected chi connectivity index (χ0v) is 10.3. The van der Waals surface area contributed by atoms with Crippen LogP contribution in [-0.4, -0.2) is 29.3 Å². The lowest BCUT2D eigenvalue weighted by Crippen LogP contribution is -2.25. The summed E-state index contributed by atoms with van der Waals surface area (Å²) in [5.41, 5.74) is 3.15. The third kappa shape index (κ3) is 2.20. The maximum Gasteiger partial charge on any atom is 0.281 e. The number of aromatic amines is 1. The van der Waals surface area contributed by atoms with Crippen molar-refractivity contribution in [3.05, 3.63) is 29.0 Å². The van der Waals surface area contributed by atoms with E-state index in [9.17, 15) is 13.2 Å². The van der Waals surface area contributed by atoms with Crippen LogP contribution in [0, 0.1) is 0 Å². The van der Waals surface area contributed by atoms with Gasteiger partial charge in [-0.15, -0.1) is 0 Å². The smallest absolute Gasteiger partial charge is 0.281 e. The average Bonchev–Trinajstić information content (AvgIpc) is 2.82. The molecule has 1 aromatic heterocycles. The Balaban J connectivity index is 2.10. The van der Waals surface area contributed by atoms with E-state index in [-0.39, 0.29) is 0 Å². The summed E-state index contributed by atoms with van der Waals surface area (Å²) < 4.78 is 38.8. The quantitative estimate of drug-likeness (QED) is 0.898. The maximum atomic E-state index is 13.2. The molecule has 1 aliphatic rings. The van der Waals surface area contributed by atoms with Gasteiger partial charge in [-0.1, -0.05) is 6.07 Å². The minimum atomic E-state index is -3.34. The summed E-state index contributed by atoms with van der Waals surface area (Å²) in [4.78, 5) is 0. The largest absolute Gasteiger partial charge is 0.312 e. The van der Waals surface area contributed by atoms with Crippen molar-refractivity contribution in [2.45, 2.75) is 25.3 Å². The summed E-state index contributed by atoms with van der Waals surface area (Å²) in [6.07, 6.45) is 0.143. The Kier molecular flexibility index (Phi) is 2.97. The third-order valence-electron chi connectivity index (χ3n) is 3.50. The molecule has 6 heteroatoms. The van der Waals surface area contributed by atoms with Gasteiger partial charge in [-0.3, -0.25) is 5.10 Å². The molecule has 0 amide bonds. The number of nitrogens with zero attached hydrogens (tertiary/aromatic N) is 1. The Labute approximate surface area is 108 Å². The zero-order chi connectivity index (χ0) is 13.5. The fourth-order valence-electron chi connectivity index (χ4n) is 2.61. The number of halogens is 3. The van der Waals surface area contributed by atoms with E-state index >= 15 is 0 Å². The van der Waals surface area contributed by atoms with Crippen molar-refractivity contribution in [3.8, 4) is 0 Å². The number of rotatable bonds is 3. The van der Waals surface area contributed by atoms with Crippen molar-refractivity contribution in [3.63, 3.8) is 0 Å². The Morgan fingerprint density at radius 1 is 1.32 bits per heavy atom. The van der Waals surface area contributed by atoms with Gasteiger partial charge in [0.1, 0.15) is 0 Å². The lowest BCUT2D eigenvalue weighted by atomic mass is 9.94. The summed E-state index contributed by atoms with van der Waals surface area (Å²) in [7, 11) is 0. The maximum absolute atomic E-state index is 13.2. The molecule has 3 nitrogen and oxygen atoms in total. The van der Waals surface area contributed by atoms with E-state index < -0.39 is 19.0 Å². The van der Waals surface area contributed by atoms with Crippen LogP contribution in [0.3, 0.4) is 0 Å². The van der Waals surface area contributed by atoms with E-state index in [1.54, 1.807) is 0 Å². The number of aromatic nitrogens is 2. The first-order chi connectivity index (χ1) is 9.11. The molecule has 2 aromatic rings. The van der Waals surface area contributed by atoms with Crippen LogP contribution in [0.4, 0.5) is 13.2 Å². The molecule has 0 bridgehead atoms. The molecule has 0 saturated heterocycles. The van der Waals surface area contributed by atoms with E-state index in [0.29, 0.717) is 11.2 Å². The monoisotopic (exact) mass is 269 g/mol. The summed E-state index contributed by atoms with van der Waals surface area (Å²) in [6.45, 7) is -0.101. The van der Waals surface area contributed by atoms with Crippen molar-refractivity contribution in [1.82, 2.24) is 15.5 Å². The van der Waals surface area contributed by atoms with E-state index in [1.165, 1.54) is 0 Å². The highest BCUT2D eigenvalue weighted by atomic mass is 19.3. The molecule has 3 rings (SSSR count). The summed E-state index contributed by atoms with van der Waals surface area (Å²) in [5.74, 6) is -3.34. The van der Waals surface area contributed by atoms with Crippen LogP contribution >= 0.6 is 0 Å². The first-order valence-corrected chi connectivity index (χ1v) is 6.23. The zero-order valence-electron chi connectivity index (χ0n) is 10.3. The molecule has 0 spiro atoms. The molecule has 1 aliphatic heterocycles. The first kappa shape index (κ1) is 12.5. The molecule has 0 fully saturated rings. The molecule has 2 heterocycles. The van der Waals surface area contributed by atoms with Crippen molar-refractivity contribution in [2.24, 2.45) is 0 Å². The number of nitrogens with one attached hydrogen (secondary N) is 2. The third-order valence-corrected chi connectivity index (χ3v) is 3.50. The Morgan fingerprint density at radius 3 is 2.95 bits per heavy atom. The number of hydrogen-bond donors (Lipinski definition) is 2. The molecule has 0 saturated carbocycles. The second kappa shape index (κ2) is 4.52. The Bertz CT molecular complexity index is 606. The fraction of sp³-hybridized carbons (Fsp3) is 0.462. The van der Waals surface area contributed by atoms with Crippen LogP contribution in [0.15, 0.2) is 12.1 Å². The molecule has 0 aliphatic carbocycles. The molecular formula is C13H14F3N3. The van der Waals surface area contributed by atoms with E-state index in [1.807, 2.05) is 12.1 Å². The molecule has 19 heavy (non-hydrogen) atoms. The van der Waals surface area contributed by atoms with Crippen LogP contribution in [0.5, 0.6) is 0 Å². The van der Waals surface area contributed by atoms with Crippen molar-refractivity contribution >= 4 is 10.9 Å². The molecule has 2 N–H and O–H groups in total. The van der Waals surface area contributed by atoms with Crippen LogP contribution in [-0.2, 0) is 19.4 Å². The van der Waals surface area contributed by atoms with Crippen molar-refractivity contribution < 1.29 is 13.2 Å². The highest BCUT2D eigenvalue weighted by Crippen LogP contribution is 2.30. The number of benzene rings is 1. The predicted octanol–water partition coefficient (Wildman–Crippen LogP) is 2.36. The van der Waals surface area contributed by atoms with Crippen molar-refractivity contribution in [2.75, 3.05) is 13.2 Å². The van der Waals surface area contributed by atoms with Gasteiger partial charge in [-0.05, 0) is 30.2 Å². The van der Waals surface area contributed by atoms with Crippen molar-refractivity contribution in [1.29, 1.82) is 0 Å². The predicted molar refractivity (Wildman–Crippen MR) is 66.1 cm³/mol. The molecule has 102 valence electrons. The average molecular weight is 269 g/mol. The van der Waals surface area contributed by atoms with Gasteiger partial charge in [0.2, 0.25) is 0 Å². The van der Waals surface area contributed by atoms with Gasteiger partial charge in [0.15, 0.2) is 6.67 Å². The van der Waals surface area contributed by atoms with Gasteiger partial charge < -0.3 is 5.32 Å². The highest BCUT2D eigenvalue weighted by molar-refractivity contribution is 5.86. The molecular weight excluding hydrogens is 255 g/mol. The van der Waals surface area contributed by atoms with Gasteiger partial charge in [0.25, 0.3) is 5.92 Å². The standard InChI is InChI=1S/C13H14F3N3/c14-7-13(15,16)5-11-12-9-3-4-17-6-8(9)1-2-10(12)18-19-11/h1-2,17H,3-7H2,(H,18,19). The van der Waals surface area contributed by atoms with Gasteiger partial charge in [0, 0.05) is 17.6 Å². The SMILES string of the molecule is FCC(F)(F)Cc1[nH]nc2ccc3c(c12)CCNC3. The second-order valence-electron chi connectivity index (χ2n) is 4.89. The van der Waals surface area contributed by atoms with Gasteiger partial charge in [-0.25, -0.2) is 13.2 Å². The first-order valence-electron chi connectivity index (χ1n) is 6.23. The fourth-order valence-corrected chi connectivity index (χ4v) is 2.61. The van der Waals surface area contributed by atoms with Gasteiger partial charge in [0.05, 0.1) is 11.9 Å². The minimum Gasteiger partial charge on any atom is -0.312 e. The topological polar surface area (TPSA) is 40.7 Å². The normalized spacial score (nSPS) is 15.7.